The van der Waals surface area contributed by atoms with E-state index in [1.165, 1.54) is 16.2 Å². The second-order valence-corrected chi connectivity index (χ2v) is 6.31. The molecule has 106 valence electrons. The molecule has 0 radical (unpaired) electrons. The Balaban J connectivity index is 1.90. The molecule has 0 unspecified atom stereocenters. The molecule has 0 saturated carbocycles. The highest BCUT2D eigenvalue weighted by molar-refractivity contribution is 7.16. The molecule has 1 amide bonds. The van der Waals surface area contributed by atoms with Gasteiger partial charge in [-0.3, -0.25) is 4.79 Å². The number of carbonyl (C=O) groups is 1. The number of thiophene rings is 1. The maximum absolute atomic E-state index is 12.0. The van der Waals surface area contributed by atoms with E-state index in [0.29, 0.717) is 12.1 Å². The SMILES string of the molecule is CN(C)c1cc(C(=O)NCCc2ccc(Cl)s2)ccn1. The summed E-state index contributed by atoms with van der Waals surface area (Å²) in [7, 11) is 3.79. The monoisotopic (exact) mass is 309 g/mol. The molecular formula is C14H16ClN3OS. The topological polar surface area (TPSA) is 45.2 Å². The quantitative estimate of drug-likeness (QED) is 0.923. The summed E-state index contributed by atoms with van der Waals surface area (Å²) in [5.74, 6) is 0.681. The van der Waals surface area contributed by atoms with Crippen LogP contribution in [-0.4, -0.2) is 31.5 Å². The molecular weight excluding hydrogens is 294 g/mol. The number of rotatable bonds is 5. The highest BCUT2D eigenvalue weighted by Gasteiger charge is 2.07. The van der Waals surface area contributed by atoms with Crippen LogP contribution in [0, 0.1) is 0 Å². The molecule has 0 fully saturated rings. The minimum absolute atomic E-state index is 0.0850. The van der Waals surface area contributed by atoms with Gasteiger partial charge in [-0.05, 0) is 30.7 Å². The van der Waals surface area contributed by atoms with E-state index < -0.39 is 0 Å². The Morgan fingerprint density at radius 2 is 2.20 bits per heavy atom. The summed E-state index contributed by atoms with van der Waals surface area (Å²) in [5, 5.41) is 2.90. The van der Waals surface area contributed by atoms with Crippen LogP contribution in [0.4, 0.5) is 5.82 Å². The van der Waals surface area contributed by atoms with E-state index in [2.05, 4.69) is 10.3 Å². The van der Waals surface area contributed by atoms with E-state index in [1.807, 2.05) is 31.1 Å². The lowest BCUT2D eigenvalue weighted by Gasteiger charge is -2.12. The summed E-state index contributed by atoms with van der Waals surface area (Å²) in [6.07, 6.45) is 2.43. The van der Waals surface area contributed by atoms with Crippen LogP contribution in [0.2, 0.25) is 4.34 Å². The largest absolute Gasteiger partial charge is 0.363 e. The predicted octanol–water partition coefficient (Wildman–Crippen LogP) is 2.84. The summed E-state index contributed by atoms with van der Waals surface area (Å²) in [6, 6.07) is 7.34. The summed E-state index contributed by atoms with van der Waals surface area (Å²) >= 11 is 7.40. The van der Waals surface area contributed by atoms with E-state index >= 15 is 0 Å². The van der Waals surface area contributed by atoms with Gasteiger partial charge in [-0.2, -0.15) is 0 Å². The number of hydrogen-bond donors (Lipinski definition) is 1. The number of nitrogens with one attached hydrogen (secondary N) is 1. The fourth-order valence-electron chi connectivity index (χ4n) is 1.69. The smallest absolute Gasteiger partial charge is 0.251 e. The van der Waals surface area contributed by atoms with Gasteiger partial charge in [0.1, 0.15) is 5.82 Å². The van der Waals surface area contributed by atoms with Crippen molar-refractivity contribution < 1.29 is 4.79 Å². The molecule has 0 aliphatic rings. The number of hydrogen-bond acceptors (Lipinski definition) is 4. The van der Waals surface area contributed by atoms with Crippen molar-refractivity contribution in [2.24, 2.45) is 0 Å². The van der Waals surface area contributed by atoms with Gasteiger partial charge >= 0.3 is 0 Å². The number of halogens is 1. The van der Waals surface area contributed by atoms with E-state index in [-0.39, 0.29) is 5.91 Å². The second kappa shape index (κ2) is 6.72. The van der Waals surface area contributed by atoms with Gasteiger partial charge in [-0.25, -0.2) is 4.98 Å². The zero-order valence-electron chi connectivity index (χ0n) is 11.4. The van der Waals surface area contributed by atoms with Gasteiger partial charge < -0.3 is 10.2 Å². The van der Waals surface area contributed by atoms with Crippen LogP contribution in [0.5, 0.6) is 0 Å². The summed E-state index contributed by atoms with van der Waals surface area (Å²) in [4.78, 5) is 19.3. The Kier molecular flexibility index (Phi) is 4.98. The average Bonchev–Trinajstić information content (AvgIpc) is 2.84. The Bertz CT molecular complexity index is 598. The van der Waals surface area contributed by atoms with Gasteiger partial charge in [0.25, 0.3) is 5.91 Å². The van der Waals surface area contributed by atoms with Crippen LogP contribution in [0.15, 0.2) is 30.5 Å². The zero-order chi connectivity index (χ0) is 14.5. The number of amides is 1. The van der Waals surface area contributed by atoms with Crippen LogP contribution in [-0.2, 0) is 6.42 Å². The number of pyridine rings is 1. The van der Waals surface area contributed by atoms with Crippen LogP contribution >= 0.6 is 22.9 Å². The van der Waals surface area contributed by atoms with E-state index in [4.69, 9.17) is 11.6 Å². The van der Waals surface area contributed by atoms with E-state index in [9.17, 15) is 4.79 Å². The minimum Gasteiger partial charge on any atom is -0.363 e. The van der Waals surface area contributed by atoms with Crippen LogP contribution in [0.25, 0.3) is 0 Å². The summed E-state index contributed by atoms with van der Waals surface area (Å²) < 4.78 is 0.774. The van der Waals surface area contributed by atoms with Gasteiger partial charge in [0, 0.05) is 37.3 Å². The zero-order valence-corrected chi connectivity index (χ0v) is 13.0. The fraction of sp³-hybridized carbons (Fsp3) is 0.286. The maximum atomic E-state index is 12.0. The molecule has 6 heteroatoms. The third-order valence-electron chi connectivity index (χ3n) is 2.75. The molecule has 0 aliphatic carbocycles. The molecule has 20 heavy (non-hydrogen) atoms. The first kappa shape index (κ1) is 14.8. The van der Waals surface area contributed by atoms with Crippen molar-refractivity contribution in [2.75, 3.05) is 25.5 Å². The van der Waals surface area contributed by atoms with Crippen LogP contribution in [0.1, 0.15) is 15.2 Å². The van der Waals surface area contributed by atoms with Crippen molar-refractivity contribution >= 4 is 34.7 Å². The van der Waals surface area contributed by atoms with Gasteiger partial charge in [-0.1, -0.05) is 11.6 Å². The fourth-order valence-corrected chi connectivity index (χ4v) is 2.78. The lowest BCUT2D eigenvalue weighted by Crippen LogP contribution is -2.26. The van der Waals surface area contributed by atoms with Crippen molar-refractivity contribution in [3.05, 3.63) is 45.2 Å². The van der Waals surface area contributed by atoms with Crippen molar-refractivity contribution in [3.8, 4) is 0 Å². The van der Waals surface area contributed by atoms with Gasteiger partial charge in [0.15, 0.2) is 0 Å². The molecule has 2 aromatic rings. The Labute approximate surface area is 127 Å². The average molecular weight is 310 g/mol. The van der Waals surface area contributed by atoms with Crippen molar-refractivity contribution in [3.63, 3.8) is 0 Å². The van der Waals surface area contributed by atoms with Gasteiger partial charge in [-0.15, -0.1) is 11.3 Å². The minimum atomic E-state index is -0.0850. The first-order valence-electron chi connectivity index (χ1n) is 6.22. The van der Waals surface area contributed by atoms with Crippen LogP contribution < -0.4 is 10.2 Å². The Morgan fingerprint density at radius 1 is 1.40 bits per heavy atom. The van der Waals surface area contributed by atoms with Crippen molar-refractivity contribution in [1.29, 1.82) is 0 Å². The summed E-state index contributed by atoms with van der Waals surface area (Å²) in [5.41, 5.74) is 0.618. The van der Waals surface area contributed by atoms with Crippen molar-refractivity contribution in [2.45, 2.75) is 6.42 Å². The molecule has 2 aromatic heterocycles. The predicted molar refractivity (Wildman–Crippen MR) is 83.9 cm³/mol. The lowest BCUT2D eigenvalue weighted by atomic mass is 10.2. The maximum Gasteiger partial charge on any atom is 0.251 e. The lowest BCUT2D eigenvalue weighted by molar-refractivity contribution is 0.0954. The molecule has 2 heterocycles. The van der Waals surface area contributed by atoms with E-state index in [1.54, 1.807) is 18.3 Å². The van der Waals surface area contributed by atoms with Gasteiger partial charge in [0.05, 0.1) is 4.34 Å². The Hall–Kier alpha value is -1.59. The number of anilines is 1. The molecule has 0 spiro atoms. The third kappa shape index (κ3) is 3.95. The third-order valence-corrected chi connectivity index (χ3v) is 4.04. The first-order valence-corrected chi connectivity index (χ1v) is 7.41. The van der Waals surface area contributed by atoms with Gasteiger partial charge in [0.2, 0.25) is 0 Å². The molecule has 0 aliphatic heterocycles. The second-order valence-electron chi connectivity index (χ2n) is 4.51. The summed E-state index contributed by atoms with van der Waals surface area (Å²) in [6.45, 7) is 0.593. The molecule has 0 bridgehead atoms. The molecule has 0 saturated heterocycles. The van der Waals surface area contributed by atoms with E-state index in [0.717, 1.165) is 16.6 Å². The highest BCUT2D eigenvalue weighted by atomic mass is 35.5. The van der Waals surface area contributed by atoms with Crippen LogP contribution in [0.3, 0.4) is 0 Å². The number of aromatic nitrogens is 1. The highest BCUT2D eigenvalue weighted by Crippen LogP contribution is 2.21. The molecule has 0 aromatic carbocycles. The molecule has 1 N–H and O–H groups in total. The molecule has 0 atom stereocenters. The number of carbonyl (C=O) groups excluding carboxylic acids is 1. The first-order chi connectivity index (χ1) is 9.56. The number of nitrogens with zero attached hydrogens (tertiary/aromatic N) is 2. The molecule has 4 nitrogen and oxygen atoms in total. The standard InChI is InChI=1S/C14H16ClN3OS/c1-18(2)13-9-10(5-7-16-13)14(19)17-8-6-11-3-4-12(15)20-11/h3-5,7,9H,6,8H2,1-2H3,(H,17,19). The molecule has 2 rings (SSSR count). The Morgan fingerprint density at radius 3 is 2.85 bits per heavy atom. The normalized spacial score (nSPS) is 10.3. The van der Waals surface area contributed by atoms with Crippen molar-refractivity contribution in [1.82, 2.24) is 10.3 Å².